The van der Waals surface area contributed by atoms with E-state index in [0.717, 1.165) is 35.1 Å². The van der Waals surface area contributed by atoms with Gasteiger partial charge in [0.2, 0.25) is 0 Å². The van der Waals surface area contributed by atoms with Crippen LogP contribution in [0.2, 0.25) is 0 Å². The van der Waals surface area contributed by atoms with Gasteiger partial charge >= 0.3 is 0 Å². The Morgan fingerprint density at radius 2 is 1.10 bits per heavy atom. The molecule has 0 saturated heterocycles. The number of methoxy groups -OCH3 is 1. The van der Waals surface area contributed by atoms with E-state index in [0.29, 0.717) is 19.0 Å². The first-order valence-corrected chi connectivity index (χ1v) is 10.3. The summed E-state index contributed by atoms with van der Waals surface area (Å²) < 4.78 is 18.0. The van der Waals surface area contributed by atoms with Crippen molar-refractivity contribution in [2.75, 3.05) is 20.3 Å². The molecule has 0 heterocycles. The van der Waals surface area contributed by atoms with Crippen LogP contribution in [-0.2, 0) is 12.8 Å². The van der Waals surface area contributed by atoms with Crippen molar-refractivity contribution in [3.8, 4) is 17.2 Å². The van der Waals surface area contributed by atoms with Gasteiger partial charge in [0, 0.05) is 29.7 Å². The van der Waals surface area contributed by atoms with Gasteiger partial charge in [0.25, 0.3) is 0 Å². The third-order valence-corrected chi connectivity index (χ3v) is 5.11. The topological polar surface area (TPSA) is 27.7 Å². The molecular formula is C27H26O3. The lowest BCUT2D eigenvalue weighted by molar-refractivity contribution is 0.296. The molecule has 0 aliphatic heterocycles. The minimum absolute atomic E-state index is 0.582. The highest BCUT2D eigenvalue weighted by Gasteiger charge is 2.15. The predicted molar refractivity (Wildman–Crippen MR) is 122 cm³/mol. The van der Waals surface area contributed by atoms with Crippen molar-refractivity contribution in [3.05, 3.63) is 102 Å². The maximum Gasteiger partial charge on any atom is 0.169 e. The lowest BCUT2D eigenvalue weighted by Gasteiger charge is -2.17. The highest BCUT2D eigenvalue weighted by Crippen LogP contribution is 2.41. The lowest BCUT2D eigenvalue weighted by atomic mass is 10.1. The summed E-state index contributed by atoms with van der Waals surface area (Å²) >= 11 is 0. The monoisotopic (exact) mass is 398 g/mol. The Bertz CT molecular complexity index is 1080. The van der Waals surface area contributed by atoms with Crippen molar-refractivity contribution in [1.82, 2.24) is 0 Å². The quantitative estimate of drug-likeness (QED) is 0.341. The van der Waals surface area contributed by atoms with Crippen LogP contribution in [0.3, 0.4) is 0 Å². The molecule has 3 nitrogen and oxygen atoms in total. The van der Waals surface area contributed by atoms with E-state index >= 15 is 0 Å². The van der Waals surface area contributed by atoms with Crippen LogP contribution in [0.1, 0.15) is 11.1 Å². The molecule has 4 aromatic carbocycles. The van der Waals surface area contributed by atoms with Crippen molar-refractivity contribution in [1.29, 1.82) is 0 Å². The molecule has 0 N–H and O–H groups in total. The summed E-state index contributed by atoms with van der Waals surface area (Å²) in [5.74, 6) is 2.27. The van der Waals surface area contributed by atoms with Gasteiger partial charge in [-0.25, -0.2) is 0 Å². The van der Waals surface area contributed by atoms with Crippen LogP contribution in [-0.4, -0.2) is 20.3 Å². The molecule has 0 amide bonds. The van der Waals surface area contributed by atoms with Crippen LogP contribution < -0.4 is 14.2 Å². The SMILES string of the molecule is COc1cc(OCCc2ccccc2)c2ccccc2c1OCCc1ccccc1. The molecular weight excluding hydrogens is 372 g/mol. The zero-order chi connectivity index (χ0) is 20.6. The number of rotatable bonds is 9. The maximum atomic E-state index is 6.19. The Morgan fingerprint density at radius 1 is 0.567 bits per heavy atom. The highest BCUT2D eigenvalue weighted by molar-refractivity contribution is 5.95. The molecule has 0 aliphatic carbocycles. The maximum absolute atomic E-state index is 6.19. The number of hydrogen-bond donors (Lipinski definition) is 0. The lowest BCUT2D eigenvalue weighted by Crippen LogP contribution is -2.05. The van der Waals surface area contributed by atoms with Gasteiger partial charge in [0.15, 0.2) is 11.5 Å². The molecule has 152 valence electrons. The number of benzene rings is 4. The average molecular weight is 399 g/mol. The van der Waals surface area contributed by atoms with Crippen LogP contribution in [0.15, 0.2) is 91.0 Å². The van der Waals surface area contributed by atoms with Crippen LogP contribution in [0, 0.1) is 0 Å². The van der Waals surface area contributed by atoms with Gasteiger partial charge in [0.05, 0.1) is 20.3 Å². The number of hydrogen-bond acceptors (Lipinski definition) is 3. The van der Waals surface area contributed by atoms with Gasteiger partial charge in [-0.2, -0.15) is 0 Å². The normalized spacial score (nSPS) is 10.7. The smallest absolute Gasteiger partial charge is 0.169 e. The molecule has 0 aromatic heterocycles. The van der Waals surface area contributed by atoms with E-state index in [1.165, 1.54) is 11.1 Å². The predicted octanol–water partition coefficient (Wildman–Crippen LogP) is 6.09. The minimum Gasteiger partial charge on any atom is -0.493 e. The molecule has 0 spiro atoms. The standard InChI is InChI=1S/C27H26O3/c1-28-26-20-25(29-18-16-21-10-4-2-5-11-21)23-14-8-9-15-24(23)27(26)30-19-17-22-12-6-3-7-13-22/h2-15,20H,16-19H2,1H3. The molecule has 30 heavy (non-hydrogen) atoms. The Hall–Kier alpha value is -3.46. The van der Waals surface area contributed by atoms with Crippen molar-refractivity contribution in [2.45, 2.75) is 12.8 Å². The first-order valence-electron chi connectivity index (χ1n) is 10.3. The van der Waals surface area contributed by atoms with Crippen molar-refractivity contribution >= 4 is 10.8 Å². The largest absolute Gasteiger partial charge is 0.493 e. The second-order valence-corrected chi connectivity index (χ2v) is 7.12. The molecule has 4 aromatic rings. The molecule has 0 unspecified atom stereocenters. The van der Waals surface area contributed by atoms with E-state index in [-0.39, 0.29) is 0 Å². The van der Waals surface area contributed by atoms with E-state index in [1.807, 2.05) is 42.5 Å². The Labute approximate surface area is 177 Å². The van der Waals surface area contributed by atoms with Gasteiger partial charge < -0.3 is 14.2 Å². The van der Waals surface area contributed by atoms with Gasteiger partial charge in [0.1, 0.15) is 5.75 Å². The van der Waals surface area contributed by atoms with Crippen LogP contribution in [0.25, 0.3) is 10.8 Å². The Balaban J connectivity index is 1.53. The summed E-state index contributed by atoms with van der Waals surface area (Å²) in [6.45, 7) is 1.18. The first-order chi connectivity index (χ1) is 14.8. The van der Waals surface area contributed by atoms with E-state index in [2.05, 4.69) is 48.5 Å². The fourth-order valence-corrected chi connectivity index (χ4v) is 3.55. The van der Waals surface area contributed by atoms with E-state index in [9.17, 15) is 0 Å². The number of fused-ring (bicyclic) bond motifs is 1. The van der Waals surface area contributed by atoms with Gasteiger partial charge in [-0.1, -0.05) is 84.9 Å². The van der Waals surface area contributed by atoms with E-state index in [1.54, 1.807) is 7.11 Å². The Kier molecular flexibility index (Phi) is 6.51. The van der Waals surface area contributed by atoms with Gasteiger partial charge in [-0.15, -0.1) is 0 Å². The summed E-state index contributed by atoms with van der Waals surface area (Å²) in [6.07, 6.45) is 1.69. The van der Waals surface area contributed by atoms with Crippen molar-refractivity contribution in [3.63, 3.8) is 0 Å². The summed E-state index contributed by atoms with van der Waals surface area (Å²) in [6, 6.07) is 30.8. The molecule has 4 rings (SSSR count). The fourth-order valence-electron chi connectivity index (χ4n) is 3.55. The van der Waals surface area contributed by atoms with Crippen LogP contribution >= 0.6 is 0 Å². The second-order valence-electron chi connectivity index (χ2n) is 7.12. The highest BCUT2D eigenvalue weighted by atomic mass is 16.5. The summed E-state index contributed by atoms with van der Waals surface area (Å²) in [4.78, 5) is 0. The summed E-state index contributed by atoms with van der Waals surface area (Å²) in [5, 5.41) is 2.03. The van der Waals surface area contributed by atoms with E-state index in [4.69, 9.17) is 14.2 Å². The molecule has 0 atom stereocenters. The summed E-state index contributed by atoms with van der Waals surface area (Å²) in [7, 11) is 1.67. The van der Waals surface area contributed by atoms with Crippen LogP contribution in [0.5, 0.6) is 17.2 Å². The molecule has 0 aliphatic rings. The van der Waals surface area contributed by atoms with Crippen molar-refractivity contribution in [2.24, 2.45) is 0 Å². The second kappa shape index (κ2) is 9.84. The molecule has 0 fully saturated rings. The van der Waals surface area contributed by atoms with Crippen LogP contribution in [0.4, 0.5) is 0 Å². The zero-order valence-corrected chi connectivity index (χ0v) is 17.2. The first kappa shape index (κ1) is 19.8. The molecule has 0 bridgehead atoms. The third kappa shape index (κ3) is 4.74. The van der Waals surface area contributed by atoms with Gasteiger partial charge in [-0.05, 0) is 11.1 Å². The molecule has 3 heteroatoms. The third-order valence-electron chi connectivity index (χ3n) is 5.11. The van der Waals surface area contributed by atoms with E-state index < -0.39 is 0 Å². The number of ether oxygens (including phenoxy) is 3. The minimum atomic E-state index is 0.582. The zero-order valence-electron chi connectivity index (χ0n) is 17.2. The Morgan fingerprint density at radius 3 is 1.70 bits per heavy atom. The fraction of sp³-hybridized carbons (Fsp3) is 0.185. The average Bonchev–Trinajstić information content (AvgIpc) is 2.81. The van der Waals surface area contributed by atoms with Crippen molar-refractivity contribution < 1.29 is 14.2 Å². The van der Waals surface area contributed by atoms with Gasteiger partial charge in [-0.3, -0.25) is 0 Å². The summed E-state index contributed by atoms with van der Waals surface area (Å²) in [5.41, 5.74) is 2.51. The molecule has 0 saturated carbocycles. The molecule has 0 radical (unpaired) electrons.